The number of nitrogens with zero attached hydrogens (tertiary/aromatic N) is 1. The van der Waals surface area contributed by atoms with E-state index in [9.17, 15) is 23.6 Å². The van der Waals surface area contributed by atoms with E-state index in [4.69, 9.17) is 15.9 Å². The van der Waals surface area contributed by atoms with Gasteiger partial charge in [-0.05, 0) is 31.1 Å². The predicted molar refractivity (Wildman–Crippen MR) is 120 cm³/mol. The first kappa shape index (κ1) is 28.6. The molecule has 0 aromatic carbocycles. The lowest BCUT2D eigenvalue weighted by molar-refractivity contribution is -0.166. The van der Waals surface area contributed by atoms with E-state index in [0.29, 0.717) is 25.8 Å². The average molecular weight is 469 g/mol. The number of terminal acetylenes is 1. The Bertz CT molecular complexity index is 722. The number of amides is 1. The monoisotopic (exact) mass is 468 g/mol. The van der Waals surface area contributed by atoms with Crippen molar-refractivity contribution in [3.63, 3.8) is 0 Å². The summed E-state index contributed by atoms with van der Waals surface area (Å²) in [7, 11) is 0. The molecule has 0 aromatic rings. The van der Waals surface area contributed by atoms with E-state index >= 15 is 0 Å². The van der Waals surface area contributed by atoms with Crippen LogP contribution in [0.5, 0.6) is 0 Å². The van der Waals surface area contributed by atoms with Crippen LogP contribution in [-0.2, 0) is 28.7 Å². The van der Waals surface area contributed by atoms with Crippen molar-refractivity contribution in [2.24, 2.45) is 11.8 Å². The number of ketones is 1. The fraction of sp³-hybridized carbons (Fsp3) is 0.750. The van der Waals surface area contributed by atoms with Crippen molar-refractivity contribution in [3.05, 3.63) is 0 Å². The first-order valence-electron chi connectivity index (χ1n) is 11.7. The van der Waals surface area contributed by atoms with Crippen molar-refractivity contribution in [3.8, 4) is 12.3 Å². The van der Waals surface area contributed by atoms with Crippen LogP contribution in [0.25, 0.3) is 0 Å². The number of hydrogen-bond donors (Lipinski definition) is 1. The highest BCUT2D eigenvalue weighted by atomic mass is 19.1. The third kappa shape index (κ3) is 8.77. The van der Waals surface area contributed by atoms with E-state index < -0.39 is 42.1 Å². The highest BCUT2D eigenvalue weighted by Gasteiger charge is 2.52. The van der Waals surface area contributed by atoms with E-state index in [2.05, 4.69) is 11.2 Å². The number of carbonyl (C=O) groups excluding carboxylic acids is 4. The molecule has 8 nitrogen and oxygen atoms in total. The van der Waals surface area contributed by atoms with Gasteiger partial charge in [0.15, 0.2) is 0 Å². The van der Waals surface area contributed by atoms with Gasteiger partial charge >= 0.3 is 11.9 Å². The number of likely N-dealkylation sites (tertiary alicyclic amines) is 1. The smallest absolute Gasteiger partial charge is 0.325 e. The zero-order chi connectivity index (χ0) is 25.0. The highest BCUT2D eigenvalue weighted by molar-refractivity contribution is 6.01. The van der Waals surface area contributed by atoms with Gasteiger partial charge in [0.1, 0.15) is 12.1 Å². The summed E-state index contributed by atoms with van der Waals surface area (Å²) < 4.78 is 24.4. The molecular formula is C24H37FN2O6. The van der Waals surface area contributed by atoms with Crippen LogP contribution < -0.4 is 5.32 Å². The Hall–Kier alpha value is -2.47. The molecule has 0 bridgehead atoms. The van der Waals surface area contributed by atoms with Crippen molar-refractivity contribution in [1.29, 1.82) is 0 Å². The summed E-state index contributed by atoms with van der Waals surface area (Å²) in [4.78, 5) is 51.3. The Morgan fingerprint density at radius 2 is 1.88 bits per heavy atom. The Kier molecular flexibility index (Phi) is 12.7. The minimum absolute atomic E-state index is 0.0494. The van der Waals surface area contributed by atoms with Crippen LogP contribution >= 0.6 is 0 Å². The first-order chi connectivity index (χ1) is 15.7. The van der Waals surface area contributed by atoms with Crippen LogP contribution in [0.2, 0.25) is 0 Å². The molecule has 1 fully saturated rings. The molecule has 0 aliphatic carbocycles. The first-order valence-corrected chi connectivity index (χ1v) is 11.7. The van der Waals surface area contributed by atoms with Crippen molar-refractivity contribution in [1.82, 2.24) is 10.2 Å². The Morgan fingerprint density at radius 3 is 2.42 bits per heavy atom. The normalized spacial score (nSPS) is 22.1. The van der Waals surface area contributed by atoms with Gasteiger partial charge < -0.3 is 14.8 Å². The number of esters is 2. The van der Waals surface area contributed by atoms with E-state index in [1.165, 1.54) is 6.92 Å². The summed E-state index contributed by atoms with van der Waals surface area (Å²) >= 11 is 0. The summed E-state index contributed by atoms with van der Waals surface area (Å²) in [6.45, 7) is 7.71. The average Bonchev–Trinajstić information content (AvgIpc) is 3.15. The van der Waals surface area contributed by atoms with Gasteiger partial charge in [0.05, 0.1) is 12.5 Å². The zero-order valence-corrected chi connectivity index (χ0v) is 20.1. The van der Waals surface area contributed by atoms with Crippen molar-refractivity contribution >= 4 is 23.6 Å². The maximum Gasteiger partial charge on any atom is 0.325 e. The molecule has 5 atom stereocenters. The van der Waals surface area contributed by atoms with Crippen molar-refractivity contribution in [2.75, 3.05) is 19.7 Å². The number of nitrogens with one attached hydrogen (secondary N) is 1. The van der Waals surface area contributed by atoms with Crippen LogP contribution in [0.15, 0.2) is 0 Å². The number of unbranched alkanes of at least 4 members (excludes halogenated alkanes) is 1. The molecule has 33 heavy (non-hydrogen) atoms. The van der Waals surface area contributed by atoms with Gasteiger partial charge in [-0.2, -0.15) is 0 Å². The predicted octanol–water partition coefficient (Wildman–Crippen LogP) is 2.39. The topological polar surface area (TPSA) is 102 Å². The molecule has 0 radical (unpaired) electrons. The van der Waals surface area contributed by atoms with E-state index in [1.54, 1.807) is 11.8 Å². The molecule has 1 rings (SSSR count). The molecule has 0 aromatic heterocycles. The zero-order valence-electron chi connectivity index (χ0n) is 20.1. The second-order valence-electron chi connectivity index (χ2n) is 8.38. The van der Waals surface area contributed by atoms with Crippen LogP contribution in [0.1, 0.15) is 66.2 Å². The fourth-order valence-electron chi connectivity index (χ4n) is 3.88. The molecule has 9 heteroatoms. The number of halogens is 1. The van der Waals surface area contributed by atoms with Gasteiger partial charge in [-0.1, -0.05) is 33.6 Å². The standard InChI is InChI=1S/C24H37FN2O6/c1-6-10-12-32-24(31)22-18(20(29)9-4)13-19(23(30)33-21(25)11-7-2)27(22)15-17(8-3)14-26-16(5)28/h4,17-19,21-22H,6-8,10-15H2,1-3,5H3,(H,26,28). The largest absolute Gasteiger partial charge is 0.465 e. The molecule has 1 heterocycles. The van der Waals surface area contributed by atoms with Crippen LogP contribution in [0.3, 0.4) is 0 Å². The van der Waals surface area contributed by atoms with Crippen LogP contribution in [-0.4, -0.2) is 66.7 Å². The molecule has 1 aliphatic heterocycles. The Labute approximate surface area is 195 Å². The quantitative estimate of drug-likeness (QED) is 0.181. The van der Waals surface area contributed by atoms with Gasteiger partial charge in [-0.15, -0.1) is 6.42 Å². The SMILES string of the molecule is C#CC(=O)C1CC(C(=O)OC(F)CCC)N(CC(CC)CNC(C)=O)C1C(=O)OCCCC. The van der Waals surface area contributed by atoms with E-state index in [-0.39, 0.29) is 37.8 Å². The molecule has 1 aliphatic rings. The Balaban J connectivity index is 3.25. The second-order valence-corrected chi connectivity index (χ2v) is 8.38. The minimum Gasteiger partial charge on any atom is -0.465 e. The summed E-state index contributed by atoms with van der Waals surface area (Å²) in [5.41, 5.74) is 0. The van der Waals surface area contributed by atoms with E-state index in [1.807, 2.05) is 13.8 Å². The lowest BCUT2D eigenvalue weighted by Crippen LogP contribution is -2.50. The minimum atomic E-state index is -1.77. The van der Waals surface area contributed by atoms with Crippen LogP contribution in [0.4, 0.5) is 4.39 Å². The lowest BCUT2D eigenvalue weighted by Gasteiger charge is -2.32. The number of rotatable bonds is 14. The molecule has 0 spiro atoms. The molecule has 0 saturated carbocycles. The molecule has 1 N–H and O–H groups in total. The van der Waals surface area contributed by atoms with Crippen LogP contribution in [0, 0.1) is 24.2 Å². The second kappa shape index (κ2) is 14.6. The summed E-state index contributed by atoms with van der Waals surface area (Å²) in [6.07, 6.45) is 6.13. The maximum absolute atomic E-state index is 14.1. The summed E-state index contributed by atoms with van der Waals surface area (Å²) in [6, 6.07) is -2.11. The van der Waals surface area contributed by atoms with Gasteiger partial charge in [-0.3, -0.25) is 24.1 Å². The number of hydrogen-bond acceptors (Lipinski definition) is 7. The molecule has 186 valence electrons. The number of carbonyl (C=O) groups is 4. The number of Topliss-reactive ketones (excluding diaryl/α,β-unsaturated/α-hetero) is 1. The molecular weight excluding hydrogens is 431 g/mol. The summed E-state index contributed by atoms with van der Waals surface area (Å²) in [5.74, 6) is -1.36. The van der Waals surface area contributed by atoms with Gasteiger partial charge in [0, 0.05) is 26.4 Å². The van der Waals surface area contributed by atoms with Gasteiger partial charge in [0.25, 0.3) is 0 Å². The maximum atomic E-state index is 14.1. The third-order valence-electron chi connectivity index (χ3n) is 5.80. The molecule has 1 saturated heterocycles. The summed E-state index contributed by atoms with van der Waals surface area (Å²) in [5, 5.41) is 2.74. The molecule has 1 amide bonds. The third-order valence-corrected chi connectivity index (χ3v) is 5.80. The Morgan fingerprint density at radius 1 is 1.18 bits per heavy atom. The van der Waals surface area contributed by atoms with E-state index in [0.717, 1.165) is 6.42 Å². The van der Waals surface area contributed by atoms with Gasteiger partial charge in [-0.25, -0.2) is 4.39 Å². The van der Waals surface area contributed by atoms with Gasteiger partial charge in [0.2, 0.25) is 18.0 Å². The van der Waals surface area contributed by atoms with Crippen molar-refractivity contribution < 1.29 is 33.0 Å². The number of alkyl halides is 1. The highest BCUT2D eigenvalue weighted by Crippen LogP contribution is 2.34. The number of ether oxygens (including phenoxy) is 2. The molecule has 5 unspecified atom stereocenters. The van der Waals surface area contributed by atoms with Crippen molar-refractivity contribution in [2.45, 2.75) is 84.7 Å². The fourth-order valence-corrected chi connectivity index (χ4v) is 3.88. The lowest BCUT2D eigenvalue weighted by atomic mass is 9.94.